The van der Waals surface area contributed by atoms with Crippen LogP contribution in [0.5, 0.6) is 0 Å². The number of fused-ring (bicyclic) bond motifs is 1. The molecular formula is C20H21ClN8O. The van der Waals surface area contributed by atoms with Gasteiger partial charge in [-0.2, -0.15) is 9.90 Å². The van der Waals surface area contributed by atoms with Gasteiger partial charge in [-0.1, -0.05) is 18.5 Å². The van der Waals surface area contributed by atoms with E-state index in [1.807, 2.05) is 43.7 Å². The molecule has 1 unspecified atom stereocenters. The maximum atomic E-state index is 12.9. The van der Waals surface area contributed by atoms with Gasteiger partial charge in [0.2, 0.25) is 5.82 Å². The molecule has 0 saturated carbocycles. The van der Waals surface area contributed by atoms with E-state index in [4.69, 9.17) is 11.6 Å². The van der Waals surface area contributed by atoms with Gasteiger partial charge < -0.3 is 5.32 Å². The standard InChI is InChI=1S/C20H21ClN8O/c1-4-17(29-26-18(25-27-29)13-5-7-15(21)8-6-13)20(30)24-16-9-14-10-23-28(12(2)3)19(14)22-11-16/h5-12,17H,4H2,1-3H3,(H,24,30). The molecule has 0 aliphatic heterocycles. The Kier molecular flexibility index (Phi) is 5.45. The summed E-state index contributed by atoms with van der Waals surface area (Å²) in [7, 11) is 0. The number of halogens is 1. The molecule has 1 N–H and O–H groups in total. The topological polar surface area (TPSA) is 103 Å². The van der Waals surface area contributed by atoms with Crippen LogP contribution in [0.2, 0.25) is 5.02 Å². The van der Waals surface area contributed by atoms with Gasteiger partial charge in [0.15, 0.2) is 11.7 Å². The van der Waals surface area contributed by atoms with Crippen molar-refractivity contribution in [2.75, 3.05) is 5.32 Å². The molecule has 1 amide bonds. The second-order valence-corrected chi connectivity index (χ2v) is 7.61. The fourth-order valence-electron chi connectivity index (χ4n) is 3.14. The Balaban J connectivity index is 1.53. The summed E-state index contributed by atoms with van der Waals surface area (Å²) in [5, 5.41) is 21.3. The van der Waals surface area contributed by atoms with Gasteiger partial charge in [0, 0.05) is 22.0 Å². The molecule has 9 nitrogen and oxygen atoms in total. The summed E-state index contributed by atoms with van der Waals surface area (Å²) >= 11 is 5.92. The monoisotopic (exact) mass is 424 g/mol. The van der Waals surface area contributed by atoms with E-state index >= 15 is 0 Å². The van der Waals surface area contributed by atoms with E-state index in [0.717, 1.165) is 16.6 Å². The number of benzene rings is 1. The first-order valence-electron chi connectivity index (χ1n) is 9.66. The number of carbonyl (C=O) groups is 1. The zero-order valence-corrected chi connectivity index (χ0v) is 17.6. The second kappa shape index (κ2) is 8.19. The molecule has 3 heterocycles. The lowest BCUT2D eigenvalue weighted by molar-refractivity contribution is -0.119. The summed E-state index contributed by atoms with van der Waals surface area (Å²) in [6, 6.07) is 8.58. The Bertz CT molecular complexity index is 1180. The van der Waals surface area contributed by atoms with Gasteiger partial charge in [-0.3, -0.25) is 4.79 Å². The van der Waals surface area contributed by atoms with Crippen LogP contribution >= 0.6 is 11.6 Å². The van der Waals surface area contributed by atoms with Crippen LogP contribution in [0.25, 0.3) is 22.4 Å². The molecule has 0 spiro atoms. The van der Waals surface area contributed by atoms with Gasteiger partial charge in [-0.15, -0.1) is 10.2 Å². The third kappa shape index (κ3) is 3.88. The first kappa shape index (κ1) is 20.0. The number of tetrazole rings is 1. The van der Waals surface area contributed by atoms with E-state index in [9.17, 15) is 4.79 Å². The van der Waals surface area contributed by atoms with Crippen LogP contribution in [0, 0.1) is 0 Å². The van der Waals surface area contributed by atoms with E-state index in [-0.39, 0.29) is 11.9 Å². The Hall–Kier alpha value is -3.33. The largest absolute Gasteiger partial charge is 0.323 e. The molecule has 0 saturated heterocycles. The van der Waals surface area contributed by atoms with Crippen molar-refractivity contribution in [2.45, 2.75) is 39.3 Å². The number of nitrogens with one attached hydrogen (secondary N) is 1. The molecule has 1 aromatic carbocycles. The number of aromatic nitrogens is 7. The zero-order valence-electron chi connectivity index (χ0n) is 16.8. The predicted octanol–water partition coefficient (Wildman–Crippen LogP) is 3.91. The molecule has 0 aliphatic rings. The molecule has 3 aromatic heterocycles. The summed E-state index contributed by atoms with van der Waals surface area (Å²) in [5.41, 5.74) is 2.14. The Labute approximate surface area is 178 Å². The van der Waals surface area contributed by atoms with Gasteiger partial charge in [0.25, 0.3) is 5.91 Å². The lowest BCUT2D eigenvalue weighted by Gasteiger charge is -2.13. The summed E-state index contributed by atoms with van der Waals surface area (Å²) in [5.74, 6) is 0.192. The minimum absolute atomic E-state index is 0.202. The third-order valence-electron chi connectivity index (χ3n) is 4.69. The van der Waals surface area contributed by atoms with E-state index in [1.165, 1.54) is 4.80 Å². The molecule has 4 aromatic rings. The van der Waals surface area contributed by atoms with E-state index in [0.29, 0.717) is 23.0 Å². The van der Waals surface area contributed by atoms with E-state index < -0.39 is 6.04 Å². The summed E-state index contributed by atoms with van der Waals surface area (Å²) in [4.78, 5) is 18.7. The fourth-order valence-corrected chi connectivity index (χ4v) is 3.26. The first-order chi connectivity index (χ1) is 14.5. The number of amides is 1. The first-order valence-corrected chi connectivity index (χ1v) is 10.0. The second-order valence-electron chi connectivity index (χ2n) is 7.17. The smallest absolute Gasteiger partial charge is 0.251 e. The maximum Gasteiger partial charge on any atom is 0.251 e. The van der Waals surface area contributed by atoms with Crippen LogP contribution < -0.4 is 5.32 Å². The number of pyridine rings is 1. The minimum atomic E-state index is -0.604. The highest BCUT2D eigenvalue weighted by molar-refractivity contribution is 6.30. The zero-order chi connectivity index (χ0) is 21.3. The highest BCUT2D eigenvalue weighted by atomic mass is 35.5. The number of hydrogen-bond donors (Lipinski definition) is 1. The molecule has 30 heavy (non-hydrogen) atoms. The van der Waals surface area contributed by atoms with Crippen LogP contribution in [0.1, 0.15) is 39.3 Å². The Morgan fingerprint density at radius 2 is 1.97 bits per heavy atom. The molecule has 0 radical (unpaired) electrons. The molecule has 10 heteroatoms. The third-order valence-corrected chi connectivity index (χ3v) is 4.94. The van der Waals surface area contributed by atoms with Crippen molar-refractivity contribution in [3.8, 4) is 11.4 Å². The SMILES string of the molecule is CCC(C(=O)Nc1cnc2c(cnn2C(C)C)c1)n1nnc(-c2ccc(Cl)cc2)n1. The average molecular weight is 425 g/mol. The van der Waals surface area contributed by atoms with Crippen molar-refractivity contribution in [3.63, 3.8) is 0 Å². The van der Waals surface area contributed by atoms with Crippen LogP contribution in [0.4, 0.5) is 5.69 Å². The summed E-state index contributed by atoms with van der Waals surface area (Å²) in [6.45, 7) is 5.97. The van der Waals surface area contributed by atoms with Gasteiger partial charge >= 0.3 is 0 Å². The van der Waals surface area contributed by atoms with Crippen molar-refractivity contribution in [3.05, 3.63) is 47.7 Å². The van der Waals surface area contributed by atoms with Gasteiger partial charge in [0.05, 0.1) is 18.1 Å². The van der Waals surface area contributed by atoms with Crippen LogP contribution in [0.15, 0.2) is 42.7 Å². The average Bonchev–Trinajstić information content (AvgIpc) is 3.36. The quantitative estimate of drug-likeness (QED) is 0.503. The summed E-state index contributed by atoms with van der Waals surface area (Å²) < 4.78 is 1.84. The number of nitrogens with zero attached hydrogens (tertiary/aromatic N) is 7. The lowest BCUT2D eigenvalue weighted by Crippen LogP contribution is -2.27. The fraction of sp³-hybridized carbons (Fsp3) is 0.300. The van der Waals surface area contributed by atoms with Crippen molar-refractivity contribution >= 4 is 34.2 Å². The maximum absolute atomic E-state index is 12.9. The van der Waals surface area contributed by atoms with Crippen molar-refractivity contribution in [1.82, 2.24) is 35.0 Å². The molecule has 1 atom stereocenters. The van der Waals surface area contributed by atoms with Gasteiger partial charge in [0.1, 0.15) is 0 Å². The normalized spacial score (nSPS) is 12.4. The minimum Gasteiger partial charge on any atom is -0.323 e. The molecule has 0 bridgehead atoms. The summed E-state index contributed by atoms with van der Waals surface area (Å²) in [6.07, 6.45) is 3.87. The van der Waals surface area contributed by atoms with Crippen LogP contribution in [-0.2, 0) is 4.79 Å². The molecular weight excluding hydrogens is 404 g/mol. The van der Waals surface area contributed by atoms with Crippen LogP contribution in [-0.4, -0.2) is 40.9 Å². The molecule has 4 rings (SSSR count). The highest BCUT2D eigenvalue weighted by Crippen LogP contribution is 2.22. The van der Waals surface area contributed by atoms with Crippen molar-refractivity contribution < 1.29 is 4.79 Å². The van der Waals surface area contributed by atoms with Crippen molar-refractivity contribution in [1.29, 1.82) is 0 Å². The number of rotatable bonds is 6. The van der Waals surface area contributed by atoms with E-state index in [2.05, 4.69) is 30.8 Å². The Morgan fingerprint density at radius 3 is 2.67 bits per heavy atom. The van der Waals surface area contributed by atoms with Crippen LogP contribution in [0.3, 0.4) is 0 Å². The Morgan fingerprint density at radius 1 is 1.20 bits per heavy atom. The number of hydrogen-bond acceptors (Lipinski definition) is 6. The highest BCUT2D eigenvalue weighted by Gasteiger charge is 2.22. The van der Waals surface area contributed by atoms with Gasteiger partial charge in [-0.05, 0) is 55.8 Å². The molecule has 0 fully saturated rings. The van der Waals surface area contributed by atoms with E-state index in [1.54, 1.807) is 24.5 Å². The lowest BCUT2D eigenvalue weighted by atomic mass is 10.2. The molecule has 0 aliphatic carbocycles. The van der Waals surface area contributed by atoms with Crippen molar-refractivity contribution in [2.24, 2.45) is 0 Å². The predicted molar refractivity (Wildman–Crippen MR) is 114 cm³/mol. The number of carbonyl (C=O) groups excluding carboxylic acids is 1. The van der Waals surface area contributed by atoms with Gasteiger partial charge in [-0.25, -0.2) is 9.67 Å². The molecule has 154 valence electrons. The number of anilines is 1.